The first-order valence-corrected chi connectivity index (χ1v) is 7.22. The number of esters is 1. The Hall–Kier alpha value is -1.20. The quantitative estimate of drug-likeness (QED) is 0.569. The lowest BCUT2D eigenvalue weighted by Crippen LogP contribution is -2.63. The van der Waals surface area contributed by atoms with Crippen LogP contribution in [0.4, 0.5) is 39.5 Å². The zero-order valence-corrected chi connectivity index (χ0v) is 12.6. The molecule has 148 valence electrons. The molecule has 1 fully saturated rings. The zero-order valence-electron chi connectivity index (χ0n) is 12.6. The van der Waals surface area contributed by atoms with Crippen LogP contribution in [0.1, 0.15) is 38.5 Å². The highest BCUT2D eigenvalue weighted by Gasteiger charge is 2.81. The van der Waals surface area contributed by atoms with Gasteiger partial charge in [0.15, 0.2) is 6.10 Å². The van der Waals surface area contributed by atoms with Gasteiger partial charge >= 0.3 is 24.2 Å². The van der Waals surface area contributed by atoms with Crippen molar-refractivity contribution < 1.29 is 54.2 Å². The molecule has 1 saturated carbocycles. The van der Waals surface area contributed by atoms with Crippen LogP contribution in [0.3, 0.4) is 0 Å². The van der Waals surface area contributed by atoms with Gasteiger partial charge in [-0.25, -0.2) is 9.18 Å². The number of hydrogen-bond donors (Lipinski definition) is 1. The van der Waals surface area contributed by atoms with Crippen LogP contribution in [0.15, 0.2) is 0 Å². The molecule has 1 aliphatic rings. The van der Waals surface area contributed by atoms with E-state index in [4.69, 9.17) is 0 Å². The summed E-state index contributed by atoms with van der Waals surface area (Å²) >= 11 is 0. The van der Waals surface area contributed by atoms with Crippen molar-refractivity contribution in [1.29, 1.82) is 0 Å². The van der Waals surface area contributed by atoms with Crippen LogP contribution in [0.5, 0.6) is 0 Å². The van der Waals surface area contributed by atoms with Crippen molar-refractivity contribution in [1.82, 2.24) is 0 Å². The third kappa shape index (κ3) is 4.50. The number of carbonyl (C=O) groups excluding carboxylic acids is 1. The maximum absolute atomic E-state index is 13.8. The van der Waals surface area contributed by atoms with Crippen molar-refractivity contribution in [3.63, 3.8) is 0 Å². The highest BCUT2D eigenvalue weighted by atomic mass is 19.4. The van der Waals surface area contributed by atoms with Crippen LogP contribution in [0.25, 0.3) is 0 Å². The molecule has 2 atom stereocenters. The van der Waals surface area contributed by atoms with Crippen LogP contribution in [-0.4, -0.2) is 47.2 Å². The fourth-order valence-corrected chi connectivity index (χ4v) is 2.42. The molecule has 0 radical (unpaired) electrons. The molecule has 0 aromatic carbocycles. The summed E-state index contributed by atoms with van der Waals surface area (Å²) in [5.41, 5.74) is -6.19. The van der Waals surface area contributed by atoms with Crippen molar-refractivity contribution in [2.45, 2.75) is 74.7 Å². The SMILES string of the molecule is O=C(OC1CCCCC1)C(O)CC(F)(C(F)(F)F)C(F)(F)C(F)(F)F. The van der Waals surface area contributed by atoms with Crippen LogP contribution >= 0.6 is 0 Å². The van der Waals surface area contributed by atoms with E-state index in [1.165, 1.54) is 0 Å². The minimum atomic E-state index is -6.88. The average Bonchev–Trinajstić information content (AvgIpc) is 2.45. The summed E-state index contributed by atoms with van der Waals surface area (Å²) in [4.78, 5) is 11.5. The van der Waals surface area contributed by atoms with E-state index >= 15 is 0 Å². The molecule has 12 heteroatoms. The molecule has 0 bridgehead atoms. The second kappa shape index (κ2) is 7.20. The molecule has 0 aromatic rings. The van der Waals surface area contributed by atoms with Crippen molar-refractivity contribution in [3.05, 3.63) is 0 Å². The fraction of sp³-hybridized carbons (Fsp3) is 0.923. The van der Waals surface area contributed by atoms with Gasteiger partial charge in [-0.3, -0.25) is 0 Å². The summed E-state index contributed by atoms with van der Waals surface area (Å²) < 4.78 is 119. The van der Waals surface area contributed by atoms with Gasteiger partial charge in [0.2, 0.25) is 0 Å². The monoisotopic (exact) mass is 390 g/mol. The number of ether oxygens (including phenoxy) is 1. The number of hydrogen-bond acceptors (Lipinski definition) is 3. The van der Waals surface area contributed by atoms with E-state index in [0.717, 1.165) is 6.42 Å². The second-order valence-electron chi connectivity index (χ2n) is 5.79. The number of halogens is 9. The molecule has 3 nitrogen and oxygen atoms in total. The first-order chi connectivity index (χ1) is 11.1. The lowest BCUT2D eigenvalue weighted by Gasteiger charge is -2.36. The first-order valence-electron chi connectivity index (χ1n) is 7.22. The summed E-state index contributed by atoms with van der Waals surface area (Å²) in [5.74, 6) is -8.75. The topological polar surface area (TPSA) is 46.5 Å². The third-order valence-electron chi connectivity index (χ3n) is 3.88. The maximum atomic E-state index is 13.8. The molecule has 0 amide bonds. The van der Waals surface area contributed by atoms with E-state index in [1.54, 1.807) is 0 Å². The first kappa shape index (κ1) is 21.8. The van der Waals surface area contributed by atoms with Gasteiger partial charge in [0.1, 0.15) is 6.10 Å². The second-order valence-corrected chi connectivity index (χ2v) is 5.79. The molecular formula is C13H15F9O3. The van der Waals surface area contributed by atoms with Gasteiger partial charge < -0.3 is 9.84 Å². The van der Waals surface area contributed by atoms with Crippen molar-refractivity contribution in [2.75, 3.05) is 0 Å². The Morgan fingerprint density at radius 2 is 1.40 bits per heavy atom. The van der Waals surface area contributed by atoms with Crippen molar-refractivity contribution in [3.8, 4) is 0 Å². The molecule has 25 heavy (non-hydrogen) atoms. The summed E-state index contributed by atoms with van der Waals surface area (Å²) in [6.07, 6.45) is -17.8. The van der Waals surface area contributed by atoms with Gasteiger partial charge in [-0.2, -0.15) is 35.1 Å². The number of carbonyl (C=O) groups is 1. The van der Waals surface area contributed by atoms with Crippen LogP contribution in [0.2, 0.25) is 0 Å². The lowest BCUT2D eigenvalue weighted by atomic mass is 9.89. The van der Waals surface area contributed by atoms with Gasteiger partial charge in [-0.15, -0.1) is 0 Å². The van der Waals surface area contributed by atoms with Crippen molar-refractivity contribution in [2.24, 2.45) is 0 Å². The molecule has 1 aliphatic carbocycles. The molecule has 2 unspecified atom stereocenters. The van der Waals surface area contributed by atoms with Gasteiger partial charge in [0.05, 0.1) is 0 Å². The van der Waals surface area contributed by atoms with E-state index < -0.39 is 48.5 Å². The lowest BCUT2D eigenvalue weighted by molar-refractivity contribution is -0.386. The fourth-order valence-electron chi connectivity index (χ4n) is 2.42. The molecule has 1 rings (SSSR count). The number of aliphatic hydroxyl groups excluding tert-OH is 1. The highest BCUT2D eigenvalue weighted by Crippen LogP contribution is 2.54. The van der Waals surface area contributed by atoms with Gasteiger partial charge in [0.25, 0.3) is 5.67 Å². The predicted octanol–water partition coefficient (Wildman–Crippen LogP) is 4.08. The van der Waals surface area contributed by atoms with Gasteiger partial charge in [0, 0.05) is 6.42 Å². The van der Waals surface area contributed by atoms with Crippen molar-refractivity contribution >= 4 is 5.97 Å². The number of aliphatic hydroxyl groups is 1. The van der Waals surface area contributed by atoms with E-state index in [-0.39, 0.29) is 12.8 Å². The average molecular weight is 390 g/mol. The van der Waals surface area contributed by atoms with E-state index in [2.05, 4.69) is 4.74 Å². The van der Waals surface area contributed by atoms with E-state index in [0.29, 0.717) is 12.8 Å². The Morgan fingerprint density at radius 3 is 1.80 bits per heavy atom. The minimum absolute atomic E-state index is 0.289. The molecule has 0 saturated heterocycles. The Balaban J connectivity index is 2.96. The molecule has 0 heterocycles. The van der Waals surface area contributed by atoms with E-state index in [9.17, 15) is 49.4 Å². The standard InChI is InChI=1S/C13H15F9O3/c14-10(12(17,18)19,11(15,16)13(20,21)22)6-8(23)9(24)25-7-4-2-1-3-5-7/h7-8,23H,1-6H2. The zero-order chi connectivity index (χ0) is 19.7. The molecule has 0 spiro atoms. The molecular weight excluding hydrogens is 375 g/mol. The molecule has 0 aliphatic heterocycles. The maximum Gasteiger partial charge on any atom is 0.457 e. The number of alkyl halides is 9. The van der Waals surface area contributed by atoms with Crippen LogP contribution < -0.4 is 0 Å². The summed E-state index contributed by atoms with van der Waals surface area (Å²) in [6.45, 7) is 0. The predicted molar refractivity (Wildman–Crippen MR) is 64.5 cm³/mol. The van der Waals surface area contributed by atoms with Crippen LogP contribution in [-0.2, 0) is 9.53 Å². The van der Waals surface area contributed by atoms with Crippen LogP contribution in [0, 0.1) is 0 Å². The molecule has 0 aromatic heterocycles. The third-order valence-corrected chi connectivity index (χ3v) is 3.88. The normalized spacial score (nSPS) is 21.5. The summed E-state index contributed by atoms with van der Waals surface area (Å²) in [7, 11) is 0. The number of rotatable bonds is 5. The Bertz CT molecular complexity index is 468. The summed E-state index contributed by atoms with van der Waals surface area (Å²) in [6, 6.07) is 0. The summed E-state index contributed by atoms with van der Waals surface area (Å²) in [5, 5.41) is 9.26. The Kier molecular flexibility index (Phi) is 6.29. The molecule has 1 N–H and O–H groups in total. The highest BCUT2D eigenvalue weighted by molar-refractivity contribution is 5.74. The van der Waals surface area contributed by atoms with Gasteiger partial charge in [-0.05, 0) is 25.7 Å². The minimum Gasteiger partial charge on any atom is -0.460 e. The van der Waals surface area contributed by atoms with E-state index in [1.807, 2.05) is 0 Å². The Labute approximate surface area is 136 Å². The Morgan fingerprint density at radius 1 is 0.920 bits per heavy atom. The smallest absolute Gasteiger partial charge is 0.457 e. The largest absolute Gasteiger partial charge is 0.460 e. The van der Waals surface area contributed by atoms with Gasteiger partial charge in [-0.1, -0.05) is 6.42 Å².